The monoisotopic (exact) mass is 330 g/mol. The van der Waals surface area contributed by atoms with Crippen molar-refractivity contribution < 1.29 is 8.42 Å². The van der Waals surface area contributed by atoms with Crippen LogP contribution in [0.4, 0.5) is 0 Å². The fourth-order valence-corrected chi connectivity index (χ4v) is 5.65. The van der Waals surface area contributed by atoms with E-state index in [0.717, 1.165) is 50.1 Å². The van der Waals surface area contributed by atoms with Crippen molar-refractivity contribution in [1.82, 2.24) is 9.62 Å². The Balaban J connectivity index is 2.11. The van der Waals surface area contributed by atoms with Gasteiger partial charge >= 0.3 is 0 Å². The second-order valence-electron chi connectivity index (χ2n) is 5.74. The van der Waals surface area contributed by atoms with Gasteiger partial charge in [-0.15, -0.1) is 11.3 Å². The molecule has 0 bridgehead atoms. The van der Waals surface area contributed by atoms with Crippen molar-refractivity contribution >= 4 is 21.4 Å². The topological polar surface area (TPSA) is 49.4 Å². The minimum Gasteiger partial charge on any atom is -0.312 e. The number of nitrogens with one attached hydrogen (secondary N) is 1. The van der Waals surface area contributed by atoms with Crippen molar-refractivity contribution in [2.24, 2.45) is 0 Å². The number of hydrogen-bond acceptors (Lipinski definition) is 4. The van der Waals surface area contributed by atoms with Crippen LogP contribution in [0.15, 0.2) is 16.3 Å². The lowest BCUT2D eigenvalue weighted by atomic mass is 10.1. The maximum atomic E-state index is 12.8. The van der Waals surface area contributed by atoms with Crippen LogP contribution in [0.2, 0.25) is 0 Å². The molecule has 0 saturated carbocycles. The summed E-state index contributed by atoms with van der Waals surface area (Å²) in [5.74, 6) is 0. The largest absolute Gasteiger partial charge is 0.312 e. The summed E-state index contributed by atoms with van der Waals surface area (Å²) in [5, 5.41) is 5.10. The summed E-state index contributed by atoms with van der Waals surface area (Å²) >= 11 is 1.53. The molecule has 0 radical (unpaired) electrons. The smallest absolute Gasteiger partial charge is 0.244 e. The lowest BCUT2D eigenvalue weighted by Gasteiger charge is -2.25. The average Bonchev–Trinajstić information content (AvgIpc) is 2.82. The highest BCUT2D eigenvalue weighted by Gasteiger charge is 2.30. The lowest BCUT2D eigenvalue weighted by molar-refractivity contribution is 0.342. The maximum Gasteiger partial charge on any atom is 0.244 e. The van der Waals surface area contributed by atoms with Gasteiger partial charge in [0.15, 0.2) is 0 Å². The molecule has 120 valence electrons. The zero-order chi connectivity index (χ0) is 15.3. The molecule has 0 aliphatic carbocycles. The molecule has 21 heavy (non-hydrogen) atoms. The third-order valence-electron chi connectivity index (χ3n) is 3.95. The molecule has 1 aromatic rings. The van der Waals surface area contributed by atoms with E-state index in [4.69, 9.17) is 0 Å². The Bertz CT molecular complexity index is 540. The Labute approximate surface area is 132 Å². The van der Waals surface area contributed by atoms with Gasteiger partial charge in [0.25, 0.3) is 0 Å². The number of hydrogen-bond donors (Lipinski definition) is 1. The van der Waals surface area contributed by atoms with Gasteiger partial charge in [-0.2, -0.15) is 4.31 Å². The Morgan fingerprint density at radius 2 is 2.19 bits per heavy atom. The van der Waals surface area contributed by atoms with Gasteiger partial charge in [0.2, 0.25) is 10.0 Å². The summed E-state index contributed by atoms with van der Waals surface area (Å²) in [4.78, 5) is 1.55. The quantitative estimate of drug-likeness (QED) is 0.815. The second-order valence-corrected chi connectivity index (χ2v) is 8.63. The van der Waals surface area contributed by atoms with E-state index in [9.17, 15) is 8.42 Å². The van der Waals surface area contributed by atoms with Crippen LogP contribution in [0.25, 0.3) is 0 Å². The number of sulfonamides is 1. The van der Waals surface area contributed by atoms with Gasteiger partial charge < -0.3 is 5.32 Å². The first kappa shape index (κ1) is 16.9. The van der Waals surface area contributed by atoms with Crippen molar-refractivity contribution in [3.8, 4) is 0 Å². The first-order chi connectivity index (χ1) is 10.1. The van der Waals surface area contributed by atoms with E-state index in [1.807, 2.05) is 13.0 Å². The fourth-order valence-electron chi connectivity index (χ4n) is 2.72. The summed E-state index contributed by atoms with van der Waals surface area (Å²) in [5.41, 5.74) is 0. The highest BCUT2D eigenvalue weighted by Crippen LogP contribution is 2.27. The molecule has 1 atom stereocenters. The van der Waals surface area contributed by atoms with Gasteiger partial charge in [-0.25, -0.2) is 8.42 Å². The third-order valence-corrected chi connectivity index (χ3v) is 7.03. The number of nitrogens with zero attached hydrogens (tertiary/aromatic N) is 1. The first-order valence-electron chi connectivity index (χ1n) is 7.85. The molecule has 1 unspecified atom stereocenters. The molecule has 0 spiro atoms. The summed E-state index contributed by atoms with van der Waals surface area (Å²) in [6, 6.07) is 1.94. The molecular weight excluding hydrogens is 304 g/mol. The van der Waals surface area contributed by atoms with E-state index in [1.54, 1.807) is 9.69 Å². The minimum atomic E-state index is -3.33. The average molecular weight is 331 g/mol. The van der Waals surface area contributed by atoms with Crippen LogP contribution in [0.5, 0.6) is 0 Å². The molecule has 4 nitrogen and oxygen atoms in total. The van der Waals surface area contributed by atoms with Gasteiger partial charge in [-0.3, -0.25) is 0 Å². The van der Waals surface area contributed by atoms with Crippen LogP contribution >= 0.6 is 11.3 Å². The van der Waals surface area contributed by atoms with Crippen LogP contribution in [0, 0.1) is 0 Å². The zero-order valence-corrected chi connectivity index (χ0v) is 14.6. The molecule has 0 amide bonds. The minimum absolute atomic E-state index is 0.110. The second kappa shape index (κ2) is 7.72. The SMILES string of the molecule is CCCNCc1cc(S(=O)(=O)N2CCCCCC2C)cs1. The standard InChI is InChI=1S/C15H26N2O2S2/c1-3-8-16-11-14-10-15(12-20-14)21(18,19)17-9-6-4-5-7-13(17)2/h10,12-13,16H,3-9,11H2,1-2H3. The van der Waals surface area contributed by atoms with Crippen molar-refractivity contribution in [2.45, 2.75) is 63.4 Å². The zero-order valence-electron chi connectivity index (χ0n) is 13.0. The van der Waals surface area contributed by atoms with E-state index >= 15 is 0 Å². The van der Waals surface area contributed by atoms with Crippen molar-refractivity contribution in [1.29, 1.82) is 0 Å². The van der Waals surface area contributed by atoms with E-state index in [-0.39, 0.29) is 6.04 Å². The molecule has 2 rings (SSSR count). The number of rotatable bonds is 6. The molecular formula is C15H26N2O2S2. The Morgan fingerprint density at radius 3 is 2.95 bits per heavy atom. The lowest BCUT2D eigenvalue weighted by Crippen LogP contribution is -2.38. The molecule has 1 aliphatic rings. The number of thiophene rings is 1. The molecule has 6 heteroatoms. The van der Waals surface area contributed by atoms with Crippen molar-refractivity contribution in [3.63, 3.8) is 0 Å². The highest BCUT2D eigenvalue weighted by molar-refractivity contribution is 7.89. The molecule has 0 aromatic carbocycles. The van der Waals surface area contributed by atoms with Crippen LogP contribution in [0.3, 0.4) is 0 Å². The van der Waals surface area contributed by atoms with E-state index in [1.165, 1.54) is 11.3 Å². The van der Waals surface area contributed by atoms with E-state index < -0.39 is 10.0 Å². The van der Waals surface area contributed by atoms with Crippen LogP contribution in [-0.4, -0.2) is 31.9 Å². The Hall–Kier alpha value is -0.430. The summed E-state index contributed by atoms with van der Waals surface area (Å²) < 4.78 is 27.3. The Kier molecular flexibility index (Phi) is 6.22. The van der Waals surface area contributed by atoms with Crippen molar-refractivity contribution in [2.75, 3.05) is 13.1 Å². The molecule has 1 aliphatic heterocycles. The predicted molar refractivity (Wildman–Crippen MR) is 88.1 cm³/mol. The normalized spacial score (nSPS) is 21.3. The summed E-state index contributed by atoms with van der Waals surface area (Å²) in [7, 11) is -3.33. The highest BCUT2D eigenvalue weighted by atomic mass is 32.2. The molecule has 1 saturated heterocycles. The van der Waals surface area contributed by atoms with Gasteiger partial charge in [0.1, 0.15) is 0 Å². The maximum absolute atomic E-state index is 12.8. The molecule has 1 fully saturated rings. The van der Waals surface area contributed by atoms with Crippen LogP contribution in [0.1, 0.15) is 50.8 Å². The van der Waals surface area contributed by atoms with Crippen molar-refractivity contribution in [3.05, 3.63) is 16.3 Å². The van der Waals surface area contributed by atoms with E-state index in [2.05, 4.69) is 12.2 Å². The van der Waals surface area contributed by atoms with Gasteiger partial charge in [-0.05, 0) is 38.8 Å². The summed E-state index contributed by atoms with van der Waals surface area (Å²) in [6.45, 7) is 6.52. The van der Waals surface area contributed by atoms with E-state index in [0.29, 0.717) is 11.4 Å². The van der Waals surface area contributed by atoms with Crippen LogP contribution < -0.4 is 5.32 Å². The third kappa shape index (κ3) is 4.28. The molecule has 1 N–H and O–H groups in total. The first-order valence-corrected chi connectivity index (χ1v) is 10.2. The molecule has 2 heterocycles. The molecule has 1 aromatic heterocycles. The van der Waals surface area contributed by atoms with Gasteiger partial charge in [0.05, 0.1) is 4.90 Å². The predicted octanol–water partition coefficient (Wildman–Crippen LogP) is 3.20. The van der Waals surface area contributed by atoms with Crippen LogP contribution in [-0.2, 0) is 16.6 Å². The van der Waals surface area contributed by atoms with Gasteiger partial charge in [0, 0.05) is 29.4 Å². The fraction of sp³-hybridized carbons (Fsp3) is 0.733. The Morgan fingerprint density at radius 1 is 1.38 bits per heavy atom. The van der Waals surface area contributed by atoms with Gasteiger partial charge in [-0.1, -0.05) is 19.8 Å². The summed E-state index contributed by atoms with van der Waals surface area (Å²) in [6.07, 6.45) is 5.28.